The van der Waals surface area contributed by atoms with Crippen LogP contribution in [0.15, 0.2) is 54.6 Å². The Kier molecular flexibility index (Phi) is 5.48. The second-order valence-corrected chi connectivity index (χ2v) is 7.85. The minimum atomic E-state index is -0.588. The Morgan fingerprint density at radius 1 is 0.667 bits per heavy atom. The van der Waals surface area contributed by atoms with Crippen LogP contribution in [-0.4, -0.2) is 15.3 Å². The van der Waals surface area contributed by atoms with Crippen LogP contribution in [0.2, 0.25) is 15.1 Å². The fourth-order valence-corrected chi connectivity index (χ4v) is 3.70. The van der Waals surface area contributed by atoms with Gasteiger partial charge in [0.1, 0.15) is 17.2 Å². The van der Waals surface area contributed by atoms with Crippen molar-refractivity contribution in [2.45, 2.75) is 18.8 Å². The van der Waals surface area contributed by atoms with Crippen LogP contribution < -0.4 is 0 Å². The van der Waals surface area contributed by atoms with Crippen LogP contribution >= 0.6 is 34.8 Å². The molecule has 0 fully saturated rings. The maximum absolute atomic E-state index is 9.79. The summed E-state index contributed by atoms with van der Waals surface area (Å²) in [5.41, 5.74) is 2.02. The zero-order chi connectivity index (χ0) is 19.8. The molecular weight excluding hydrogens is 407 g/mol. The van der Waals surface area contributed by atoms with E-state index in [1.807, 2.05) is 6.92 Å². The number of aromatic hydroxyl groups is 3. The molecule has 3 rings (SSSR count). The first-order chi connectivity index (χ1) is 12.7. The van der Waals surface area contributed by atoms with Crippen molar-refractivity contribution in [3.05, 3.63) is 86.4 Å². The van der Waals surface area contributed by atoms with Gasteiger partial charge in [0.25, 0.3) is 0 Å². The van der Waals surface area contributed by atoms with E-state index in [0.717, 1.165) is 16.7 Å². The van der Waals surface area contributed by atoms with Gasteiger partial charge in [0.15, 0.2) is 0 Å². The Balaban J connectivity index is 2.16. The number of phenols is 3. The van der Waals surface area contributed by atoms with Gasteiger partial charge in [0, 0.05) is 5.41 Å². The van der Waals surface area contributed by atoms with Gasteiger partial charge in [0.2, 0.25) is 0 Å². The van der Waals surface area contributed by atoms with Crippen LogP contribution in [0.5, 0.6) is 17.2 Å². The molecule has 0 amide bonds. The molecule has 0 spiro atoms. The molecule has 0 atom stereocenters. The smallest absolute Gasteiger partial charge is 0.134 e. The molecule has 27 heavy (non-hydrogen) atoms. The Bertz CT molecular complexity index is 950. The minimum Gasteiger partial charge on any atom is -0.506 e. The predicted molar refractivity (Wildman–Crippen MR) is 110 cm³/mol. The average molecular weight is 424 g/mol. The van der Waals surface area contributed by atoms with Crippen molar-refractivity contribution in [1.29, 1.82) is 0 Å². The average Bonchev–Trinajstić information content (AvgIpc) is 2.62. The lowest BCUT2D eigenvalue weighted by Gasteiger charge is -2.32. The van der Waals surface area contributed by atoms with E-state index in [0.29, 0.717) is 6.42 Å². The van der Waals surface area contributed by atoms with Crippen LogP contribution in [0.3, 0.4) is 0 Å². The summed E-state index contributed by atoms with van der Waals surface area (Å²) < 4.78 is 0. The van der Waals surface area contributed by atoms with E-state index in [2.05, 4.69) is 0 Å². The van der Waals surface area contributed by atoms with Crippen molar-refractivity contribution in [1.82, 2.24) is 0 Å². The third-order valence-corrected chi connectivity index (χ3v) is 5.65. The first kappa shape index (κ1) is 19.7. The standard InChI is InChI=1S/C21H17Cl3O3/c1-21(13-3-6-19(26)16(23)9-13,14-4-7-20(27)17(24)10-14)11-12-2-5-18(25)15(22)8-12/h2-10,25-27H,11H2,1H3. The van der Waals surface area contributed by atoms with Crippen molar-refractivity contribution in [3.63, 3.8) is 0 Å². The number of rotatable bonds is 4. The fourth-order valence-electron chi connectivity index (χ4n) is 3.14. The molecule has 0 radical (unpaired) electrons. The van der Waals surface area contributed by atoms with Gasteiger partial charge in [-0.3, -0.25) is 0 Å². The Hall–Kier alpha value is -2.07. The molecule has 0 heterocycles. The molecule has 0 bridgehead atoms. The van der Waals surface area contributed by atoms with Gasteiger partial charge in [-0.2, -0.15) is 0 Å². The van der Waals surface area contributed by atoms with Gasteiger partial charge in [-0.15, -0.1) is 0 Å². The maximum atomic E-state index is 9.79. The summed E-state index contributed by atoms with van der Waals surface area (Å²) in [5.74, 6) is 0.0147. The van der Waals surface area contributed by atoms with Crippen molar-refractivity contribution in [2.75, 3.05) is 0 Å². The van der Waals surface area contributed by atoms with E-state index >= 15 is 0 Å². The van der Waals surface area contributed by atoms with E-state index in [1.165, 1.54) is 0 Å². The summed E-state index contributed by atoms with van der Waals surface area (Å²) in [4.78, 5) is 0. The number of hydrogen-bond acceptors (Lipinski definition) is 3. The molecule has 3 aromatic carbocycles. The van der Waals surface area contributed by atoms with E-state index in [-0.39, 0.29) is 32.3 Å². The van der Waals surface area contributed by atoms with Gasteiger partial charge in [-0.25, -0.2) is 0 Å². The van der Waals surface area contributed by atoms with E-state index in [1.54, 1.807) is 54.6 Å². The lowest BCUT2D eigenvalue weighted by Crippen LogP contribution is -2.26. The number of benzene rings is 3. The quantitative estimate of drug-likeness (QED) is 0.460. The number of hydrogen-bond donors (Lipinski definition) is 3. The van der Waals surface area contributed by atoms with Crippen LogP contribution in [0, 0.1) is 0 Å². The zero-order valence-electron chi connectivity index (χ0n) is 14.4. The highest BCUT2D eigenvalue weighted by Gasteiger charge is 2.31. The summed E-state index contributed by atoms with van der Waals surface area (Å²) >= 11 is 18.4. The largest absolute Gasteiger partial charge is 0.506 e. The van der Waals surface area contributed by atoms with Crippen LogP contribution in [-0.2, 0) is 11.8 Å². The molecular formula is C21H17Cl3O3. The van der Waals surface area contributed by atoms with Gasteiger partial charge in [0.05, 0.1) is 15.1 Å². The molecule has 0 aliphatic heterocycles. The van der Waals surface area contributed by atoms with Gasteiger partial charge >= 0.3 is 0 Å². The van der Waals surface area contributed by atoms with Crippen LogP contribution in [0.1, 0.15) is 23.6 Å². The van der Waals surface area contributed by atoms with Crippen LogP contribution in [0.25, 0.3) is 0 Å². The summed E-state index contributed by atoms with van der Waals surface area (Å²) in [6, 6.07) is 15.1. The third kappa shape index (κ3) is 3.96. The van der Waals surface area contributed by atoms with Crippen molar-refractivity contribution >= 4 is 34.8 Å². The fraction of sp³-hybridized carbons (Fsp3) is 0.143. The molecule has 3 aromatic rings. The Morgan fingerprint density at radius 2 is 1.07 bits per heavy atom. The third-order valence-electron chi connectivity index (χ3n) is 4.74. The highest BCUT2D eigenvalue weighted by atomic mass is 35.5. The maximum Gasteiger partial charge on any atom is 0.134 e. The van der Waals surface area contributed by atoms with E-state index in [9.17, 15) is 15.3 Å². The topological polar surface area (TPSA) is 60.7 Å². The second-order valence-electron chi connectivity index (χ2n) is 6.63. The van der Waals surface area contributed by atoms with Crippen molar-refractivity contribution < 1.29 is 15.3 Å². The highest BCUT2D eigenvalue weighted by Crippen LogP contribution is 2.41. The molecule has 140 valence electrons. The molecule has 0 aromatic heterocycles. The first-order valence-corrected chi connectivity index (χ1v) is 9.29. The first-order valence-electron chi connectivity index (χ1n) is 8.16. The lowest BCUT2D eigenvalue weighted by molar-refractivity contribution is 0.471. The highest BCUT2D eigenvalue weighted by molar-refractivity contribution is 6.32. The number of halogens is 3. The van der Waals surface area contributed by atoms with Gasteiger partial charge in [-0.05, 0) is 59.5 Å². The van der Waals surface area contributed by atoms with E-state index < -0.39 is 5.41 Å². The van der Waals surface area contributed by atoms with Gasteiger partial charge < -0.3 is 15.3 Å². The molecule has 3 N–H and O–H groups in total. The SMILES string of the molecule is CC(Cc1ccc(O)c(Cl)c1)(c1ccc(O)c(Cl)c1)c1ccc(O)c(Cl)c1. The van der Waals surface area contributed by atoms with E-state index in [4.69, 9.17) is 34.8 Å². The summed E-state index contributed by atoms with van der Waals surface area (Å²) in [6.07, 6.45) is 0.523. The normalized spacial score (nSPS) is 11.6. The lowest BCUT2D eigenvalue weighted by atomic mass is 9.72. The Labute approximate surface area is 172 Å². The predicted octanol–water partition coefficient (Wildman–Crippen LogP) is 6.31. The monoisotopic (exact) mass is 422 g/mol. The summed E-state index contributed by atoms with van der Waals surface area (Å²) in [7, 11) is 0. The molecule has 0 saturated carbocycles. The molecule has 0 aliphatic carbocycles. The zero-order valence-corrected chi connectivity index (χ0v) is 16.6. The molecule has 0 unspecified atom stereocenters. The molecule has 6 heteroatoms. The minimum absolute atomic E-state index is 0.000756. The van der Waals surface area contributed by atoms with Crippen LogP contribution in [0.4, 0.5) is 0 Å². The van der Waals surface area contributed by atoms with Gasteiger partial charge in [-0.1, -0.05) is 59.9 Å². The second kappa shape index (κ2) is 7.51. The molecule has 3 nitrogen and oxygen atoms in total. The van der Waals surface area contributed by atoms with Crippen molar-refractivity contribution in [3.8, 4) is 17.2 Å². The van der Waals surface area contributed by atoms with Crippen molar-refractivity contribution in [2.24, 2.45) is 0 Å². The molecule has 0 saturated heterocycles. The molecule has 0 aliphatic rings. The Morgan fingerprint density at radius 3 is 1.48 bits per heavy atom. The summed E-state index contributed by atoms with van der Waals surface area (Å²) in [6.45, 7) is 2.01. The summed E-state index contributed by atoms with van der Waals surface area (Å²) in [5, 5.41) is 30.0. The number of phenolic OH excluding ortho intramolecular Hbond substituents is 3.